The van der Waals surface area contributed by atoms with E-state index in [2.05, 4.69) is 0 Å². The van der Waals surface area contributed by atoms with E-state index < -0.39 is 15.6 Å². The number of hydrogen-bond donors (Lipinski definition) is 0. The van der Waals surface area contributed by atoms with Crippen molar-refractivity contribution in [3.05, 3.63) is 30.3 Å². The van der Waals surface area contributed by atoms with Gasteiger partial charge in [0.15, 0.2) is 0 Å². The zero-order chi connectivity index (χ0) is 17.8. The Morgan fingerprint density at radius 1 is 1.24 bits per heavy atom. The molecule has 1 aromatic carbocycles. The number of aliphatic imine (C=N–C) groups is 1. The molecular weight excluding hydrogens is 338 g/mol. The highest BCUT2D eigenvalue weighted by atomic mass is 32.2. The van der Waals surface area contributed by atoms with Gasteiger partial charge in [-0.3, -0.25) is 9.79 Å². The van der Waals surface area contributed by atoms with Gasteiger partial charge in [0.1, 0.15) is 11.4 Å². The monoisotopic (exact) mass is 361 g/mol. The van der Waals surface area contributed by atoms with E-state index in [1.165, 1.54) is 0 Å². The molecular formula is C18H23N3O3S. The third kappa shape index (κ3) is 2.29. The van der Waals surface area contributed by atoms with E-state index in [1.54, 1.807) is 46.6 Å². The van der Waals surface area contributed by atoms with E-state index in [4.69, 9.17) is 4.99 Å². The van der Waals surface area contributed by atoms with Crippen molar-refractivity contribution in [3.8, 4) is 0 Å². The molecule has 0 N–H and O–H groups in total. The number of likely N-dealkylation sites (N-methyl/N-ethyl adjacent to an activating group) is 1. The maximum atomic E-state index is 12.9. The number of carbonyl (C=O) groups is 1. The van der Waals surface area contributed by atoms with Crippen LogP contribution in [0.15, 0.2) is 40.2 Å². The van der Waals surface area contributed by atoms with Gasteiger partial charge < -0.3 is 4.90 Å². The quantitative estimate of drug-likeness (QED) is 0.823. The molecule has 7 heteroatoms. The van der Waals surface area contributed by atoms with Crippen LogP contribution in [0.2, 0.25) is 0 Å². The Hall–Kier alpha value is -1.73. The summed E-state index contributed by atoms with van der Waals surface area (Å²) in [4.78, 5) is 19.7. The first kappa shape index (κ1) is 16.7. The fourth-order valence-corrected chi connectivity index (χ4v) is 6.22. The van der Waals surface area contributed by atoms with Crippen molar-refractivity contribution in [3.63, 3.8) is 0 Å². The maximum absolute atomic E-state index is 12.9. The van der Waals surface area contributed by atoms with E-state index in [0.29, 0.717) is 24.4 Å². The molecule has 1 saturated heterocycles. The maximum Gasteiger partial charge on any atom is 0.255 e. The summed E-state index contributed by atoms with van der Waals surface area (Å²) >= 11 is 0. The highest BCUT2D eigenvalue weighted by Gasteiger charge is 2.61. The first-order chi connectivity index (χ1) is 11.9. The number of rotatable bonds is 3. The van der Waals surface area contributed by atoms with Crippen LogP contribution < -0.4 is 0 Å². The normalized spacial score (nSPS) is 32.5. The van der Waals surface area contributed by atoms with E-state index in [1.807, 2.05) is 6.92 Å². The number of sulfonamides is 1. The molecule has 1 aliphatic carbocycles. The SMILES string of the molecule is CCC1=N[C@@]2(CC[C@@H]3CN(S(=O)(=O)c4ccccc4)C[C@@H]32)C(=O)N1C. The highest BCUT2D eigenvalue weighted by Crippen LogP contribution is 2.51. The van der Waals surface area contributed by atoms with Crippen molar-refractivity contribution < 1.29 is 13.2 Å². The summed E-state index contributed by atoms with van der Waals surface area (Å²) < 4.78 is 27.4. The fourth-order valence-electron chi connectivity index (χ4n) is 4.68. The van der Waals surface area contributed by atoms with Crippen LogP contribution in [0.5, 0.6) is 0 Å². The second kappa shape index (κ2) is 5.64. The topological polar surface area (TPSA) is 70.0 Å². The predicted octanol–water partition coefficient (Wildman–Crippen LogP) is 1.74. The Labute approximate surface area is 148 Å². The molecule has 1 aromatic rings. The largest absolute Gasteiger partial charge is 0.302 e. The average Bonchev–Trinajstić information content (AvgIpc) is 3.26. The van der Waals surface area contributed by atoms with Crippen molar-refractivity contribution >= 4 is 21.8 Å². The Morgan fingerprint density at radius 3 is 2.60 bits per heavy atom. The second-order valence-electron chi connectivity index (χ2n) is 7.21. The number of amidine groups is 1. The fraction of sp³-hybridized carbons (Fsp3) is 0.556. The standard InChI is InChI=1S/C18H23N3O3S/c1-3-16-19-18(17(22)20(16)2)10-9-13-11-21(12-15(13)18)25(23,24)14-7-5-4-6-8-14/h4-8,13,15H,3,9-12H2,1-2H3/t13-,15+,18-/m1/s1. The molecule has 1 saturated carbocycles. The van der Waals surface area contributed by atoms with Crippen LogP contribution >= 0.6 is 0 Å². The molecule has 0 aromatic heterocycles. The molecule has 1 amide bonds. The first-order valence-corrected chi connectivity index (χ1v) is 10.3. The van der Waals surface area contributed by atoms with Gasteiger partial charge in [0, 0.05) is 32.5 Å². The Bertz CT molecular complexity index is 836. The van der Waals surface area contributed by atoms with Gasteiger partial charge in [-0.05, 0) is 30.9 Å². The van der Waals surface area contributed by atoms with Crippen molar-refractivity contribution in [2.45, 2.75) is 36.6 Å². The second-order valence-corrected chi connectivity index (χ2v) is 9.15. The van der Waals surface area contributed by atoms with E-state index in [0.717, 1.165) is 18.7 Å². The molecule has 2 fully saturated rings. The third-order valence-electron chi connectivity index (χ3n) is 6.01. The van der Waals surface area contributed by atoms with Crippen molar-refractivity contribution in [1.29, 1.82) is 0 Å². The van der Waals surface area contributed by atoms with Gasteiger partial charge in [0.2, 0.25) is 10.0 Å². The van der Waals surface area contributed by atoms with Crippen LogP contribution in [-0.2, 0) is 14.8 Å². The molecule has 2 heterocycles. The van der Waals surface area contributed by atoms with Crippen LogP contribution in [-0.4, -0.2) is 55.0 Å². The van der Waals surface area contributed by atoms with Gasteiger partial charge in [-0.25, -0.2) is 8.42 Å². The first-order valence-electron chi connectivity index (χ1n) is 8.82. The summed E-state index contributed by atoms with van der Waals surface area (Å²) in [5.41, 5.74) is -0.744. The van der Waals surface area contributed by atoms with Gasteiger partial charge in [-0.2, -0.15) is 4.31 Å². The molecule has 0 bridgehead atoms. The summed E-state index contributed by atoms with van der Waals surface area (Å²) in [5, 5.41) is 0. The average molecular weight is 361 g/mol. The molecule has 134 valence electrons. The summed E-state index contributed by atoms with van der Waals surface area (Å²) in [6.45, 7) is 2.86. The number of nitrogens with zero attached hydrogens (tertiary/aromatic N) is 3. The minimum absolute atomic E-state index is 0.0232. The van der Waals surface area contributed by atoms with Crippen LogP contribution in [0.4, 0.5) is 0 Å². The summed E-state index contributed by atoms with van der Waals surface area (Å²) in [5.74, 6) is 1.03. The van der Waals surface area contributed by atoms with Gasteiger partial charge >= 0.3 is 0 Å². The zero-order valence-electron chi connectivity index (χ0n) is 14.6. The Morgan fingerprint density at radius 2 is 1.96 bits per heavy atom. The summed E-state index contributed by atoms with van der Waals surface area (Å²) in [7, 11) is -1.74. The molecule has 3 atom stereocenters. The molecule has 6 nitrogen and oxygen atoms in total. The van der Waals surface area contributed by atoms with Crippen LogP contribution in [0.3, 0.4) is 0 Å². The van der Waals surface area contributed by atoms with Crippen LogP contribution in [0.25, 0.3) is 0 Å². The molecule has 4 rings (SSSR count). The van der Waals surface area contributed by atoms with Gasteiger partial charge in [-0.15, -0.1) is 0 Å². The van der Waals surface area contributed by atoms with Crippen LogP contribution in [0, 0.1) is 11.8 Å². The van der Waals surface area contributed by atoms with Crippen LogP contribution in [0.1, 0.15) is 26.2 Å². The zero-order valence-corrected chi connectivity index (χ0v) is 15.4. The molecule has 1 spiro atoms. The lowest BCUT2D eigenvalue weighted by Crippen LogP contribution is -2.45. The summed E-state index contributed by atoms with van der Waals surface area (Å²) in [6.07, 6.45) is 2.30. The minimum atomic E-state index is -3.52. The summed E-state index contributed by atoms with van der Waals surface area (Å²) in [6, 6.07) is 8.53. The van der Waals surface area contributed by atoms with E-state index >= 15 is 0 Å². The molecule has 25 heavy (non-hydrogen) atoms. The lowest BCUT2D eigenvalue weighted by molar-refractivity contribution is -0.131. The Kier molecular flexibility index (Phi) is 3.77. The smallest absolute Gasteiger partial charge is 0.255 e. The lowest BCUT2D eigenvalue weighted by Gasteiger charge is -2.27. The van der Waals surface area contributed by atoms with E-state index in [-0.39, 0.29) is 17.7 Å². The Balaban J connectivity index is 1.65. The number of carbonyl (C=O) groups excluding carboxylic acids is 1. The van der Waals surface area contributed by atoms with Gasteiger partial charge in [-0.1, -0.05) is 25.1 Å². The molecule has 2 aliphatic heterocycles. The molecule has 3 aliphatic rings. The predicted molar refractivity (Wildman–Crippen MR) is 94.6 cm³/mol. The number of hydrogen-bond acceptors (Lipinski definition) is 4. The number of amides is 1. The number of benzene rings is 1. The van der Waals surface area contributed by atoms with E-state index in [9.17, 15) is 13.2 Å². The van der Waals surface area contributed by atoms with Gasteiger partial charge in [0.25, 0.3) is 5.91 Å². The third-order valence-corrected chi connectivity index (χ3v) is 7.85. The number of fused-ring (bicyclic) bond motifs is 2. The van der Waals surface area contributed by atoms with Crippen molar-refractivity contribution in [2.24, 2.45) is 16.8 Å². The molecule has 0 radical (unpaired) electrons. The van der Waals surface area contributed by atoms with Crippen molar-refractivity contribution in [2.75, 3.05) is 20.1 Å². The highest BCUT2D eigenvalue weighted by molar-refractivity contribution is 7.89. The minimum Gasteiger partial charge on any atom is -0.302 e. The van der Waals surface area contributed by atoms with Crippen molar-refractivity contribution in [1.82, 2.24) is 9.21 Å². The molecule has 0 unspecified atom stereocenters. The lowest BCUT2D eigenvalue weighted by atomic mass is 9.85. The van der Waals surface area contributed by atoms with Gasteiger partial charge in [0.05, 0.1) is 4.90 Å².